The van der Waals surface area contributed by atoms with Gasteiger partial charge in [-0.2, -0.15) is 0 Å². The van der Waals surface area contributed by atoms with Crippen LogP contribution in [0.2, 0.25) is 0 Å². The van der Waals surface area contributed by atoms with Crippen LogP contribution < -0.4 is 0 Å². The standard InChI is InChI=1S/C11H21NO/c1-11-5-4-8-12(9-6-11)7-2-3-10-13/h5,13H,2-4,6-10H2,1H3. The highest BCUT2D eigenvalue weighted by atomic mass is 16.2. The van der Waals surface area contributed by atoms with E-state index in [0.717, 1.165) is 19.4 Å². The van der Waals surface area contributed by atoms with Crippen LogP contribution in [0.25, 0.3) is 0 Å². The number of unbranched alkanes of at least 4 members (excludes halogenated alkanes) is 1. The summed E-state index contributed by atoms with van der Waals surface area (Å²) in [4.78, 5) is 2.50. The Morgan fingerprint density at radius 2 is 2.23 bits per heavy atom. The first kappa shape index (κ1) is 10.7. The first-order chi connectivity index (χ1) is 6.33. The van der Waals surface area contributed by atoms with Gasteiger partial charge in [0, 0.05) is 19.7 Å². The third kappa shape index (κ3) is 4.44. The second-order valence-corrected chi connectivity index (χ2v) is 3.86. The van der Waals surface area contributed by atoms with E-state index < -0.39 is 0 Å². The predicted molar refractivity (Wildman–Crippen MR) is 55.8 cm³/mol. The van der Waals surface area contributed by atoms with Gasteiger partial charge in [0.15, 0.2) is 0 Å². The summed E-state index contributed by atoms with van der Waals surface area (Å²) in [5.41, 5.74) is 1.53. The molecule has 0 aromatic rings. The fourth-order valence-electron chi connectivity index (χ4n) is 1.71. The zero-order chi connectivity index (χ0) is 9.52. The van der Waals surface area contributed by atoms with Crippen molar-refractivity contribution < 1.29 is 5.11 Å². The van der Waals surface area contributed by atoms with Crippen LogP contribution >= 0.6 is 0 Å². The molecule has 0 atom stereocenters. The lowest BCUT2D eigenvalue weighted by Gasteiger charge is -2.19. The van der Waals surface area contributed by atoms with Crippen molar-refractivity contribution in [3.63, 3.8) is 0 Å². The minimum absolute atomic E-state index is 0.338. The van der Waals surface area contributed by atoms with Gasteiger partial charge in [-0.3, -0.25) is 0 Å². The molecule has 0 amide bonds. The second-order valence-electron chi connectivity index (χ2n) is 3.86. The minimum atomic E-state index is 0.338. The summed E-state index contributed by atoms with van der Waals surface area (Å²) in [5, 5.41) is 8.66. The fraction of sp³-hybridized carbons (Fsp3) is 0.818. The molecule has 0 unspecified atom stereocenters. The van der Waals surface area contributed by atoms with Crippen LogP contribution in [0.15, 0.2) is 11.6 Å². The molecule has 0 saturated heterocycles. The molecule has 2 heteroatoms. The van der Waals surface area contributed by atoms with Crippen molar-refractivity contribution in [2.45, 2.75) is 32.6 Å². The van der Waals surface area contributed by atoms with Crippen LogP contribution in [0.1, 0.15) is 32.6 Å². The highest BCUT2D eigenvalue weighted by Crippen LogP contribution is 2.10. The lowest BCUT2D eigenvalue weighted by atomic mass is 10.2. The van der Waals surface area contributed by atoms with Gasteiger partial charge in [-0.15, -0.1) is 0 Å². The molecule has 0 fully saturated rings. The third-order valence-corrected chi connectivity index (χ3v) is 2.64. The van der Waals surface area contributed by atoms with Gasteiger partial charge in [0.2, 0.25) is 0 Å². The lowest BCUT2D eigenvalue weighted by molar-refractivity contribution is 0.248. The van der Waals surface area contributed by atoms with Gasteiger partial charge < -0.3 is 10.0 Å². The zero-order valence-corrected chi connectivity index (χ0v) is 8.63. The normalized spacial score (nSPS) is 19.7. The van der Waals surface area contributed by atoms with Gasteiger partial charge in [0.05, 0.1) is 0 Å². The van der Waals surface area contributed by atoms with Crippen LogP contribution in [-0.4, -0.2) is 36.2 Å². The molecule has 1 rings (SSSR count). The maximum absolute atomic E-state index is 8.66. The number of nitrogens with zero attached hydrogens (tertiary/aromatic N) is 1. The SMILES string of the molecule is CC1=CCCN(CCCCO)CC1. The van der Waals surface area contributed by atoms with Gasteiger partial charge in [0.1, 0.15) is 0 Å². The van der Waals surface area contributed by atoms with Crippen molar-refractivity contribution in [1.29, 1.82) is 0 Å². The second kappa shape index (κ2) is 6.17. The average molecular weight is 183 g/mol. The molecule has 0 bridgehead atoms. The Bertz CT molecular complexity index is 165. The van der Waals surface area contributed by atoms with Crippen LogP contribution in [0.3, 0.4) is 0 Å². The van der Waals surface area contributed by atoms with Crippen LogP contribution in [0.4, 0.5) is 0 Å². The molecule has 76 valence electrons. The Morgan fingerprint density at radius 1 is 1.38 bits per heavy atom. The lowest BCUT2D eigenvalue weighted by Crippen LogP contribution is -2.26. The van der Waals surface area contributed by atoms with Crippen LogP contribution in [0.5, 0.6) is 0 Å². The van der Waals surface area contributed by atoms with Gasteiger partial charge in [-0.25, -0.2) is 0 Å². The maximum atomic E-state index is 8.66. The molecule has 0 radical (unpaired) electrons. The fourth-order valence-corrected chi connectivity index (χ4v) is 1.71. The molecule has 1 heterocycles. The molecule has 0 spiro atoms. The molecule has 13 heavy (non-hydrogen) atoms. The van der Waals surface area contributed by atoms with Gasteiger partial charge in [0.25, 0.3) is 0 Å². The summed E-state index contributed by atoms with van der Waals surface area (Å²) in [7, 11) is 0. The van der Waals surface area contributed by atoms with Crippen molar-refractivity contribution in [1.82, 2.24) is 4.90 Å². The summed E-state index contributed by atoms with van der Waals surface area (Å²) in [6.07, 6.45) is 6.86. The predicted octanol–water partition coefficient (Wildman–Crippen LogP) is 1.80. The third-order valence-electron chi connectivity index (χ3n) is 2.64. The largest absolute Gasteiger partial charge is 0.396 e. The molecule has 2 nitrogen and oxygen atoms in total. The first-order valence-corrected chi connectivity index (χ1v) is 5.32. The average Bonchev–Trinajstić information content (AvgIpc) is 2.32. The maximum Gasteiger partial charge on any atom is 0.0431 e. The topological polar surface area (TPSA) is 23.5 Å². The van der Waals surface area contributed by atoms with E-state index in [1.807, 2.05) is 0 Å². The molecule has 0 aromatic carbocycles. The van der Waals surface area contributed by atoms with Crippen molar-refractivity contribution in [2.24, 2.45) is 0 Å². The Morgan fingerprint density at radius 3 is 3.00 bits per heavy atom. The summed E-state index contributed by atoms with van der Waals surface area (Å²) in [6.45, 7) is 6.11. The number of hydrogen-bond acceptors (Lipinski definition) is 2. The highest BCUT2D eigenvalue weighted by molar-refractivity contribution is 5.00. The molecule has 0 saturated carbocycles. The van der Waals surface area contributed by atoms with E-state index in [1.54, 1.807) is 0 Å². The molecule has 1 aliphatic heterocycles. The first-order valence-electron chi connectivity index (χ1n) is 5.32. The molecule has 0 aromatic heterocycles. The molecule has 0 aliphatic carbocycles. The molecular formula is C11H21NO. The summed E-state index contributed by atoms with van der Waals surface area (Å²) in [5.74, 6) is 0. The number of hydrogen-bond donors (Lipinski definition) is 1. The van der Waals surface area contributed by atoms with Gasteiger partial charge >= 0.3 is 0 Å². The van der Waals surface area contributed by atoms with E-state index >= 15 is 0 Å². The summed E-state index contributed by atoms with van der Waals surface area (Å²) < 4.78 is 0. The van der Waals surface area contributed by atoms with E-state index in [4.69, 9.17) is 5.11 Å². The van der Waals surface area contributed by atoms with E-state index in [0.29, 0.717) is 6.61 Å². The van der Waals surface area contributed by atoms with E-state index in [-0.39, 0.29) is 0 Å². The van der Waals surface area contributed by atoms with E-state index in [9.17, 15) is 0 Å². The monoisotopic (exact) mass is 183 g/mol. The minimum Gasteiger partial charge on any atom is -0.396 e. The zero-order valence-electron chi connectivity index (χ0n) is 8.63. The summed E-state index contributed by atoms with van der Waals surface area (Å²) >= 11 is 0. The Labute approximate surface area is 81.2 Å². The van der Waals surface area contributed by atoms with Gasteiger partial charge in [-0.1, -0.05) is 11.6 Å². The highest BCUT2D eigenvalue weighted by Gasteiger charge is 2.07. The van der Waals surface area contributed by atoms with Gasteiger partial charge in [-0.05, 0) is 39.2 Å². The van der Waals surface area contributed by atoms with Crippen molar-refractivity contribution in [3.05, 3.63) is 11.6 Å². The van der Waals surface area contributed by atoms with Crippen LogP contribution in [-0.2, 0) is 0 Å². The van der Waals surface area contributed by atoms with Crippen molar-refractivity contribution in [2.75, 3.05) is 26.2 Å². The van der Waals surface area contributed by atoms with E-state index in [1.165, 1.54) is 31.5 Å². The van der Waals surface area contributed by atoms with Crippen molar-refractivity contribution >= 4 is 0 Å². The molecular weight excluding hydrogens is 162 g/mol. The van der Waals surface area contributed by atoms with Crippen molar-refractivity contribution in [3.8, 4) is 0 Å². The number of aliphatic hydroxyl groups is 1. The summed E-state index contributed by atoms with van der Waals surface area (Å²) in [6, 6.07) is 0. The Hall–Kier alpha value is -0.340. The molecule has 1 aliphatic rings. The Balaban J connectivity index is 2.14. The van der Waals surface area contributed by atoms with E-state index in [2.05, 4.69) is 17.9 Å². The number of aliphatic hydroxyl groups excluding tert-OH is 1. The smallest absolute Gasteiger partial charge is 0.0431 e. The van der Waals surface area contributed by atoms with Crippen LogP contribution in [0, 0.1) is 0 Å². The number of rotatable bonds is 4. The quantitative estimate of drug-likeness (QED) is 0.530. The molecule has 1 N–H and O–H groups in total. The Kier molecular flexibility index (Phi) is 5.09.